The standard InChI is InChI=1S/C19H16N4O2.C18H17P3.C13H12N4O.C6H5IO.CH2I.CH4.2ClH.Cu.HI.Pd.V/c1-22(14-7-5-9-20-11-14)19(24)15-12-21-18(23(15)2)17-10-13-6-3-4-8-16(13)25-17;1-4-10-16(11-5-1)19-21(18-14-8-3-9-15-18)20-17-12-6-2-7-13-17;1-4-12-15-9-11(17(12)3)13(18)16(2)10-6-5-7-14-8-10;7-5-3-1-2-4-6(5)8;1-2;;;;;;;/h3-12H,1-2H3;1-15,19-20H;1,5-9H,2-3H3;1-4,8H;1H2;1H4;2*1H;;1H;;/q;;;;-1;;;;+1;;+2;/p-3. The maximum atomic E-state index is 12.8. The number of nitrogens with zero attached hydrogens (tertiary/aromatic N) is 8. The summed E-state index contributed by atoms with van der Waals surface area (Å²) in [5, 5.41) is 14.4. The third kappa shape index (κ3) is 23.5. The van der Waals surface area contributed by atoms with Crippen molar-refractivity contribution in [3.05, 3.63) is 233 Å². The van der Waals surface area contributed by atoms with E-state index in [-0.39, 0.29) is 61.0 Å². The first-order valence-electron chi connectivity index (χ1n) is 22.9. The number of rotatable bonds is 10. The van der Waals surface area contributed by atoms with Crippen molar-refractivity contribution in [2.45, 2.75) is 7.43 Å². The fraction of sp³-hybridized carbons (Fsp3) is 0.0862. The van der Waals surface area contributed by atoms with Crippen molar-refractivity contribution < 1.29 is 66.4 Å². The number of terminal acetylenes is 1. The van der Waals surface area contributed by atoms with Gasteiger partial charge >= 0.3 is 68.1 Å². The number of anilines is 2. The maximum absolute atomic E-state index is 12.8. The smallest absolute Gasteiger partial charge is 0 e. The van der Waals surface area contributed by atoms with Gasteiger partial charge in [0.1, 0.15) is 22.7 Å². The maximum Gasteiger partial charge on any atom is 0 e. The number of amides is 2. The second-order valence-electron chi connectivity index (χ2n) is 15.6. The molecule has 1 radical (unpaired) electrons. The third-order valence-electron chi connectivity index (χ3n) is 10.8. The van der Waals surface area contributed by atoms with Crippen LogP contribution in [0.2, 0.25) is 0 Å². The molecule has 5 aromatic carbocycles. The summed E-state index contributed by atoms with van der Waals surface area (Å²) in [5.74, 6) is 4.10. The van der Waals surface area contributed by atoms with Gasteiger partial charge in [0.2, 0.25) is 0 Å². The minimum Gasteiger partial charge on any atom is -0.0622 e. The van der Waals surface area contributed by atoms with E-state index in [1.165, 1.54) is 27.0 Å². The molecule has 10 rings (SSSR count). The molecule has 2 amide bonds. The van der Waals surface area contributed by atoms with E-state index in [0.717, 1.165) is 36.8 Å². The summed E-state index contributed by atoms with van der Waals surface area (Å²) >= 11 is 9.74. The number of carbonyl (C=O) groups excluding carboxylic acids is 2. The van der Waals surface area contributed by atoms with Gasteiger partial charge in [-0.2, -0.15) is 0 Å². The Hall–Kier alpha value is -3.51. The van der Waals surface area contributed by atoms with Crippen LogP contribution in [0.25, 0.3) is 22.6 Å². The Bertz CT molecular complexity index is 3330. The van der Waals surface area contributed by atoms with Crippen LogP contribution < -0.4 is 25.7 Å². The monoisotopic (exact) mass is 1690 g/mol. The summed E-state index contributed by atoms with van der Waals surface area (Å²) in [6, 6.07) is 56.9. The first-order chi connectivity index (χ1) is 38.4. The molecule has 2 unspecified atom stereocenters. The first kappa shape index (κ1) is 73.6. The van der Waals surface area contributed by atoms with Crippen LogP contribution in [0.3, 0.4) is 0 Å². The number of aromatic nitrogens is 6. The van der Waals surface area contributed by atoms with Gasteiger partial charge in [0.15, 0.2) is 17.4 Å². The Kier molecular flexibility index (Phi) is 37.7. The molecule has 5 aromatic heterocycles. The van der Waals surface area contributed by atoms with E-state index < -0.39 is 0 Å². The summed E-state index contributed by atoms with van der Waals surface area (Å²) in [6.45, 7) is 0. The van der Waals surface area contributed by atoms with Crippen LogP contribution in [-0.4, -0.2) is 60.1 Å². The first-order valence-corrected chi connectivity index (χ1v) is 37.6. The minimum absolute atomic E-state index is 0. The fourth-order valence-corrected chi connectivity index (χ4v) is 16.3. The zero-order valence-corrected chi connectivity index (χ0v) is 57.8. The molecular weight excluding hydrogens is 1640 g/mol. The van der Waals surface area contributed by atoms with Gasteiger partial charge in [-0.05, 0) is 100 Å². The molecule has 23 heteroatoms. The summed E-state index contributed by atoms with van der Waals surface area (Å²) in [5.41, 5.74) is 3.14. The van der Waals surface area contributed by atoms with Gasteiger partial charge < -0.3 is 51.0 Å². The number of phenols is 1. The average Bonchev–Trinajstić information content (AvgIpc) is 4.28. The van der Waals surface area contributed by atoms with E-state index in [1.54, 1.807) is 118 Å². The number of hydrogen-bond donors (Lipinski definition) is 1. The van der Waals surface area contributed by atoms with Crippen molar-refractivity contribution in [1.29, 1.82) is 0 Å². The van der Waals surface area contributed by atoms with Gasteiger partial charge in [0.05, 0.1) is 39.7 Å². The van der Waals surface area contributed by atoms with Crippen molar-refractivity contribution >= 4 is 158 Å². The zero-order valence-electron chi connectivity index (χ0n) is 43.1. The molecule has 0 aliphatic rings. The van der Waals surface area contributed by atoms with E-state index in [4.69, 9.17) is 35.0 Å². The van der Waals surface area contributed by atoms with Crippen LogP contribution in [0, 0.1) is 20.8 Å². The Morgan fingerprint density at radius 1 is 0.691 bits per heavy atom. The second kappa shape index (κ2) is 41.5. The molecular formula is C58H56Cl2CuI3N8O4P3PdV-. The third-order valence-corrected chi connectivity index (χ3v) is 20.6. The van der Waals surface area contributed by atoms with Gasteiger partial charge in [-0.1, -0.05) is 145 Å². The van der Waals surface area contributed by atoms with Crippen LogP contribution in [0.15, 0.2) is 211 Å². The normalized spacial score (nSPS) is 10.3. The molecule has 429 valence electrons. The molecule has 12 nitrogen and oxygen atoms in total. The van der Waals surface area contributed by atoms with Gasteiger partial charge in [-0.15, -0.1) is 6.42 Å². The molecule has 0 saturated carbocycles. The summed E-state index contributed by atoms with van der Waals surface area (Å²) in [4.78, 5) is 47.7. The number of para-hydroxylation sites is 2. The largest absolute Gasteiger partial charge is 0.0622 e. The molecule has 1 N–H and O–H groups in total. The van der Waals surface area contributed by atoms with E-state index in [1.807, 2.05) is 77.2 Å². The number of hydrogen-bond acceptors (Lipinski definition) is 8. The number of furan rings is 1. The Morgan fingerprint density at radius 2 is 1.14 bits per heavy atom. The van der Waals surface area contributed by atoms with Crippen molar-refractivity contribution in [1.82, 2.24) is 29.1 Å². The molecule has 0 spiro atoms. The molecule has 0 aliphatic heterocycles. The molecule has 10 aromatic rings. The van der Waals surface area contributed by atoms with E-state index in [0.29, 0.717) is 40.2 Å². The van der Waals surface area contributed by atoms with Crippen molar-refractivity contribution in [2.75, 3.05) is 23.9 Å². The Morgan fingerprint density at radius 3 is 1.57 bits per heavy atom. The van der Waals surface area contributed by atoms with Crippen molar-refractivity contribution in [3.63, 3.8) is 0 Å². The van der Waals surface area contributed by atoms with Gasteiger partial charge in [-0.25, -0.2) is 9.97 Å². The quantitative estimate of drug-likeness (QED) is 0.0470. The van der Waals surface area contributed by atoms with Gasteiger partial charge in [0.25, 0.3) is 11.8 Å². The number of phenolic OH excluding ortho intramolecular Hbond substituents is 1. The van der Waals surface area contributed by atoms with E-state index in [2.05, 4.69) is 157 Å². The summed E-state index contributed by atoms with van der Waals surface area (Å²) in [7, 11) is 18.1. The fourth-order valence-electron chi connectivity index (χ4n) is 6.82. The number of aromatic hydroxyl groups is 1. The number of benzene rings is 5. The van der Waals surface area contributed by atoms with Crippen molar-refractivity contribution in [3.8, 4) is 29.7 Å². The number of pyridine rings is 2. The topological polar surface area (TPSA) is 135 Å². The SMILES string of the molecule is C.C#Cc1ncc(C(=O)N(C)c2cccnc2)n1C.CN(C(=O)c1cnc(-c2cc3ccccc3o2)n1C)c1cccnc1.Oc1ccccc1I.[CH2-]I.[Cl][Pd][Cl].[Cu][I].[V].c1ccc(PP(Pc2ccccc2)c2ccccc2)cc1. The van der Waals surface area contributed by atoms with Crippen LogP contribution in [-0.2, 0) is 61.4 Å². The van der Waals surface area contributed by atoms with E-state index >= 15 is 0 Å². The second-order valence-corrected chi connectivity index (χ2v) is 27.3. The summed E-state index contributed by atoms with van der Waals surface area (Å²) < 4.78 is 10.1. The minimum atomic E-state index is -0.181. The Labute approximate surface area is 555 Å². The molecule has 0 fully saturated rings. The molecule has 0 bridgehead atoms. The molecule has 5 heterocycles. The number of carbonyl (C=O) groups is 2. The molecule has 0 saturated heterocycles. The predicted molar refractivity (Wildman–Crippen MR) is 358 cm³/mol. The van der Waals surface area contributed by atoms with Crippen LogP contribution in [0.5, 0.6) is 5.75 Å². The molecule has 2 atom stereocenters. The average molecular weight is 1690 g/mol. The number of fused-ring (bicyclic) bond motifs is 1. The van der Waals surface area contributed by atoms with Crippen LogP contribution in [0.1, 0.15) is 34.2 Å². The zero-order chi connectivity index (χ0) is 57.5. The number of imidazole rings is 2. The predicted octanol–water partition coefficient (Wildman–Crippen LogP) is 15.3. The van der Waals surface area contributed by atoms with Gasteiger partial charge in [-0.3, -0.25) is 24.5 Å². The molecule has 0 aliphatic carbocycles. The van der Waals surface area contributed by atoms with Crippen LogP contribution >= 0.6 is 108 Å². The van der Waals surface area contributed by atoms with E-state index in [9.17, 15) is 9.59 Å². The molecule has 81 heavy (non-hydrogen) atoms. The van der Waals surface area contributed by atoms with Gasteiger partial charge in [0, 0.05) is 64.5 Å². The van der Waals surface area contributed by atoms with Crippen LogP contribution in [0.4, 0.5) is 11.4 Å². The van der Waals surface area contributed by atoms with Crippen molar-refractivity contribution in [2.24, 2.45) is 14.1 Å². The number of halogens is 5. The Balaban J connectivity index is 0.000000368. The summed E-state index contributed by atoms with van der Waals surface area (Å²) in [6.07, 6.45) is 14.9.